The number of hydrogen-bond acceptors (Lipinski definition) is 5. The highest BCUT2D eigenvalue weighted by Gasteiger charge is 2.28. The van der Waals surface area contributed by atoms with Crippen LogP contribution in [-0.2, 0) is 27.4 Å². The summed E-state index contributed by atoms with van der Waals surface area (Å²) in [5, 5.41) is 4.02. The zero-order chi connectivity index (χ0) is 16.9. The van der Waals surface area contributed by atoms with E-state index in [1.807, 2.05) is 0 Å². The standard InChI is InChI=1S/C17H17N3O4/c21-15-6-7-16(22)20(15)12-13-2-4-14(5-3-13)17(23)24-11-10-19-9-1-8-18-19/h1-5,8-9H,6-7,10-12H2. The summed E-state index contributed by atoms with van der Waals surface area (Å²) in [7, 11) is 0. The van der Waals surface area contributed by atoms with Gasteiger partial charge in [0, 0.05) is 25.2 Å². The quantitative estimate of drug-likeness (QED) is 0.591. The first-order valence-electron chi connectivity index (χ1n) is 7.70. The summed E-state index contributed by atoms with van der Waals surface area (Å²) in [4.78, 5) is 36.4. The van der Waals surface area contributed by atoms with Gasteiger partial charge in [-0.2, -0.15) is 5.10 Å². The van der Waals surface area contributed by atoms with Crippen molar-refractivity contribution in [3.63, 3.8) is 0 Å². The van der Waals surface area contributed by atoms with Gasteiger partial charge >= 0.3 is 5.97 Å². The van der Waals surface area contributed by atoms with Gasteiger partial charge in [-0.1, -0.05) is 12.1 Å². The summed E-state index contributed by atoms with van der Waals surface area (Å²) in [6.07, 6.45) is 4.01. The largest absolute Gasteiger partial charge is 0.460 e. The highest BCUT2D eigenvalue weighted by atomic mass is 16.5. The van der Waals surface area contributed by atoms with Crippen LogP contribution in [0.2, 0.25) is 0 Å². The van der Waals surface area contributed by atoms with Crippen molar-refractivity contribution in [1.82, 2.24) is 14.7 Å². The molecule has 1 saturated heterocycles. The number of rotatable bonds is 6. The lowest BCUT2D eigenvalue weighted by Gasteiger charge is -2.13. The third-order valence-corrected chi connectivity index (χ3v) is 3.80. The molecule has 24 heavy (non-hydrogen) atoms. The number of aromatic nitrogens is 2. The van der Waals surface area contributed by atoms with Crippen molar-refractivity contribution in [3.05, 3.63) is 53.9 Å². The third-order valence-electron chi connectivity index (χ3n) is 3.80. The van der Waals surface area contributed by atoms with Crippen LogP contribution < -0.4 is 0 Å². The summed E-state index contributed by atoms with van der Waals surface area (Å²) in [6.45, 7) is 0.974. The molecule has 0 radical (unpaired) electrons. The number of hydrogen-bond donors (Lipinski definition) is 0. The molecule has 0 bridgehead atoms. The van der Waals surface area contributed by atoms with Gasteiger partial charge in [-0.05, 0) is 23.8 Å². The predicted molar refractivity (Wildman–Crippen MR) is 83.7 cm³/mol. The molecule has 0 unspecified atom stereocenters. The first-order chi connectivity index (χ1) is 11.6. The monoisotopic (exact) mass is 327 g/mol. The zero-order valence-electron chi connectivity index (χ0n) is 13.1. The fourth-order valence-electron chi connectivity index (χ4n) is 2.48. The molecule has 0 saturated carbocycles. The molecular weight excluding hydrogens is 310 g/mol. The van der Waals surface area contributed by atoms with Gasteiger partial charge in [-0.25, -0.2) is 4.79 Å². The lowest BCUT2D eigenvalue weighted by molar-refractivity contribution is -0.139. The van der Waals surface area contributed by atoms with Gasteiger partial charge in [-0.15, -0.1) is 0 Å². The number of benzene rings is 1. The number of esters is 1. The van der Waals surface area contributed by atoms with E-state index < -0.39 is 5.97 Å². The van der Waals surface area contributed by atoms with Crippen molar-refractivity contribution in [2.45, 2.75) is 25.9 Å². The van der Waals surface area contributed by atoms with Crippen LogP contribution in [0.15, 0.2) is 42.7 Å². The number of amides is 2. The van der Waals surface area contributed by atoms with Crippen molar-refractivity contribution in [2.75, 3.05) is 6.61 Å². The maximum absolute atomic E-state index is 12.0. The van der Waals surface area contributed by atoms with Crippen LogP contribution >= 0.6 is 0 Å². The number of carbonyl (C=O) groups excluding carboxylic acids is 3. The topological polar surface area (TPSA) is 81.5 Å². The number of imide groups is 1. The summed E-state index contributed by atoms with van der Waals surface area (Å²) >= 11 is 0. The second-order valence-corrected chi connectivity index (χ2v) is 5.48. The Kier molecular flexibility index (Phi) is 4.69. The summed E-state index contributed by atoms with van der Waals surface area (Å²) in [5.74, 6) is -0.716. The molecule has 0 aliphatic carbocycles. The van der Waals surface area contributed by atoms with Crippen LogP contribution in [0, 0.1) is 0 Å². The molecule has 2 aromatic rings. The van der Waals surface area contributed by atoms with Crippen molar-refractivity contribution in [2.24, 2.45) is 0 Å². The molecule has 0 spiro atoms. The Morgan fingerprint density at radius 2 is 1.83 bits per heavy atom. The van der Waals surface area contributed by atoms with E-state index >= 15 is 0 Å². The second-order valence-electron chi connectivity index (χ2n) is 5.48. The summed E-state index contributed by atoms with van der Waals surface area (Å²) in [6, 6.07) is 8.52. The molecule has 1 aliphatic heterocycles. The van der Waals surface area contributed by atoms with E-state index in [0.717, 1.165) is 5.56 Å². The van der Waals surface area contributed by atoms with Crippen LogP contribution in [-0.4, -0.2) is 39.1 Å². The zero-order valence-corrected chi connectivity index (χ0v) is 13.1. The molecule has 7 heteroatoms. The summed E-state index contributed by atoms with van der Waals surface area (Å²) < 4.78 is 6.87. The molecule has 2 heterocycles. The minimum Gasteiger partial charge on any atom is -0.460 e. The van der Waals surface area contributed by atoms with E-state index in [2.05, 4.69) is 5.10 Å². The predicted octanol–water partition coefficient (Wildman–Crippen LogP) is 1.39. The first kappa shape index (κ1) is 15.9. The van der Waals surface area contributed by atoms with E-state index in [-0.39, 0.29) is 37.8 Å². The van der Waals surface area contributed by atoms with Crippen LogP contribution in [0.25, 0.3) is 0 Å². The minimum absolute atomic E-state index is 0.151. The molecule has 1 aromatic carbocycles. The number of carbonyl (C=O) groups is 3. The highest BCUT2D eigenvalue weighted by molar-refractivity contribution is 6.01. The van der Waals surface area contributed by atoms with Gasteiger partial charge in [-0.3, -0.25) is 19.2 Å². The average Bonchev–Trinajstić information content (AvgIpc) is 3.21. The first-order valence-corrected chi connectivity index (χ1v) is 7.70. The van der Waals surface area contributed by atoms with E-state index in [1.165, 1.54) is 4.90 Å². The summed E-state index contributed by atoms with van der Waals surface area (Å²) in [5.41, 5.74) is 1.23. The molecule has 1 fully saturated rings. The molecule has 0 atom stereocenters. The highest BCUT2D eigenvalue weighted by Crippen LogP contribution is 2.16. The van der Waals surface area contributed by atoms with E-state index in [1.54, 1.807) is 47.4 Å². The van der Waals surface area contributed by atoms with Crippen LogP contribution in [0.5, 0.6) is 0 Å². The van der Waals surface area contributed by atoms with E-state index in [0.29, 0.717) is 12.1 Å². The molecule has 2 amide bonds. The molecule has 1 aliphatic rings. The maximum atomic E-state index is 12.0. The van der Waals surface area contributed by atoms with Gasteiger partial charge in [0.15, 0.2) is 0 Å². The van der Waals surface area contributed by atoms with Crippen molar-refractivity contribution >= 4 is 17.8 Å². The van der Waals surface area contributed by atoms with Crippen LogP contribution in [0.4, 0.5) is 0 Å². The van der Waals surface area contributed by atoms with Crippen LogP contribution in [0.1, 0.15) is 28.8 Å². The van der Waals surface area contributed by atoms with E-state index in [4.69, 9.17) is 4.74 Å². The SMILES string of the molecule is O=C(OCCn1cccn1)c1ccc(CN2C(=O)CCC2=O)cc1. The smallest absolute Gasteiger partial charge is 0.338 e. The van der Waals surface area contributed by atoms with Crippen LogP contribution in [0.3, 0.4) is 0 Å². The molecular formula is C17H17N3O4. The van der Waals surface area contributed by atoms with Gasteiger partial charge in [0.25, 0.3) is 0 Å². The van der Waals surface area contributed by atoms with Crippen molar-refractivity contribution in [3.8, 4) is 0 Å². The van der Waals surface area contributed by atoms with Gasteiger partial charge in [0.1, 0.15) is 6.61 Å². The molecule has 124 valence electrons. The van der Waals surface area contributed by atoms with Gasteiger partial charge in [0.05, 0.1) is 18.7 Å². The maximum Gasteiger partial charge on any atom is 0.338 e. The Balaban J connectivity index is 1.52. The second kappa shape index (κ2) is 7.08. The fraction of sp³-hybridized carbons (Fsp3) is 0.294. The fourth-order valence-corrected chi connectivity index (χ4v) is 2.48. The Morgan fingerprint density at radius 1 is 1.12 bits per heavy atom. The third kappa shape index (κ3) is 3.68. The Bertz CT molecular complexity index is 722. The number of ether oxygens (including phenoxy) is 1. The normalized spacial score (nSPS) is 14.2. The number of nitrogens with zero attached hydrogens (tertiary/aromatic N) is 3. The molecule has 1 aromatic heterocycles. The van der Waals surface area contributed by atoms with Gasteiger partial charge < -0.3 is 4.74 Å². The molecule has 0 N–H and O–H groups in total. The van der Waals surface area contributed by atoms with Crippen molar-refractivity contribution in [1.29, 1.82) is 0 Å². The Morgan fingerprint density at radius 3 is 2.46 bits per heavy atom. The molecule has 3 rings (SSSR count). The average molecular weight is 327 g/mol. The Labute approximate surface area is 138 Å². The Hall–Kier alpha value is -2.96. The molecule has 7 nitrogen and oxygen atoms in total. The van der Waals surface area contributed by atoms with Gasteiger partial charge in [0.2, 0.25) is 11.8 Å². The van der Waals surface area contributed by atoms with E-state index in [9.17, 15) is 14.4 Å². The van der Waals surface area contributed by atoms with Crippen molar-refractivity contribution < 1.29 is 19.1 Å². The lowest BCUT2D eigenvalue weighted by atomic mass is 10.1. The number of likely N-dealkylation sites (tertiary alicyclic amines) is 1. The lowest BCUT2D eigenvalue weighted by Crippen LogP contribution is -2.28. The minimum atomic E-state index is -0.415.